The summed E-state index contributed by atoms with van der Waals surface area (Å²) >= 11 is 0. The molecule has 0 radical (unpaired) electrons. The minimum Gasteiger partial charge on any atom is -0.343 e. The molecule has 20 heavy (non-hydrogen) atoms. The highest BCUT2D eigenvalue weighted by Crippen LogP contribution is 2.04. The van der Waals surface area contributed by atoms with Gasteiger partial charge in [-0.05, 0) is 25.5 Å². The minimum absolute atomic E-state index is 0.307. The van der Waals surface area contributed by atoms with Crippen molar-refractivity contribution < 1.29 is 8.42 Å². The summed E-state index contributed by atoms with van der Waals surface area (Å²) in [5, 5.41) is 2.48. The van der Waals surface area contributed by atoms with Gasteiger partial charge in [0.1, 0.15) is 0 Å². The van der Waals surface area contributed by atoms with Crippen molar-refractivity contribution in [1.29, 1.82) is 0 Å². The quantitative estimate of drug-likeness (QED) is 0.822. The molecule has 0 amide bonds. The molecule has 0 aliphatic carbocycles. The van der Waals surface area contributed by atoms with Gasteiger partial charge in [-0.2, -0.15) is 0 Å². The number of rotatable bonds is 4. The molecule has 7 nitrogen and oxygen atoms in total. The number of hydrogen-bond acceptors (Lipinski definition) is 6. The van der Waals surface area contributed by atoms with Crippen LogP contribution in [-0.2, 0) is 16.6 Å². The normalized spacial score (nSPS) is 16.6. The summed E-state index contributed by atoms with van der Waals surface area (Å²) in [6.07, 6.45) is 3.54. The van der Waals surface area contributed by atoms with Crippen LogP contribution in [0.2, 0.25) is 0 Å². The van der Waals surface area contributed by atoms with Gasteiger partial charge >= 0.3 is 0 Å². The van der Waals surface area contributed by atoms with Crippen LogP contribution >= 0.6 is 0 Å². The second-order valence-corrected chi connectivity index (χ2v) is 7.11. The van der Waals surface area contributed by atoms with E-state index >= 15 is 0 Å². The van der Waals surface area contributed by atoms with Crippen LogP contribution in [0.5, 0.6) is 0 Å². The average Bonchev–Trinajstić information content (AvgIpc) is 2.42. The Balaban J connectivity index is 1.91. The standard InChI is InChI=1S/C12H19N5O2S/c1-10(2)20(18,19)16-12-14-8-17(9-15-12)7-11-4-3-5-13-6-11/h3-6,10H,7-9H2,1-2H3,(H2,14,15,16). The monoisotopic (exact) mass is 297 g/mol. The summed E-state index contributed by atoms with van der Waals surface area (Å²) in [7, 11) is -3.35. The van der Waals surface area contributed by atoms with E-state index in [9.17, 15) is 8.42 Å². The van der Waals surface area contributed by atoms with Crippen molar-refractivity contribution in [2.24, 2.45) is 4.99 Å². The van der Waals surface area contributed by atoms with E-state index in [-0.39, 0.29) is 0 Å². The Kier molecular flexibility index (Phi) is 4.56. The molecule has 0 unspecified atom stereocenters. The van der Waals surface area contributed by atoms with Gasteiger partial charge in [-0.1, -0.05) is 6.07 Å². The lowest BCUT2D eigenvalue weighted by Crippen LogP contribution is -2.51. The van der Waals surface area contributed by atoms with E-state index in [2.05, 4.69) is 20.0 Å². The molecule has 0 spiro atoms. The zero-order valence-corrected chi connectivity index (χ0v) is 12.4. The van der Waals surface area contributed by atoms with Crippen molar-refractivity contribution in [3.05, 3.63) is 30.1 Å². The van der Waals surface area contributed by atoms with Crippen LogP contribution in [0.25, 0.3) is 0 Å². The molecule has 1 aromatic rings. The Bertz CT molecular complexity index is 571. The predicted molar refractivity (Wildman–Crippen MR) is 77.3 cm³/mol. The Labute approximate surface area is 119 Å². The van der Waals surface area contributed by atoms with E-state index in [1.54, 1.807) is 26.2 Å². The summed E-state index contributed by atoms with van der Waals surface area (Å²) < 4.78 is 25.9. The summed E-state index contributed by atoms with van der Waals surface area (Å²) in [5.74, 6) is 0.307. The fourth-order valence-electron chi connectivity index (χ4n) is 1.64. The molecule has 0 atom stereocenters. The number of aliphatic imine (C=N–C) groups is 1. The van der Waals surface area contributed by atoms with Gasteiger partial charge < -0.3 is 5.32 Å². The summed E-state index contributed by atoms with van der Waals surface area (Å²) in [6.45, 7) is 4.95. The Hall–Kier alpha value is -1.67. The zero-order chi connectivity index (χ0) is 14.6. The summed E-state index contributed by atoms with van der Waals surface area (Å²) in [4.78, 5) is 10.3. The van der Waals surface area contributed by atoms with Crippen LogP contribution in [0.1, 0.15) is 19.4 Å². The molecule has 1 aliphatic rings. The van der Waals surface area contributed by atoms with E-state index in [4.69, 9.17) is 0 Å². The third-order valence-electron chi connectivity index (χ3n) is 2.89. The Morgan fingerprint density at radius 3 is 2.85 bits per heavy atom. The fourth-order valence-corrected chi connectivity index (χ4v) is 2.28. The fraction of sp³-hybridized carbons (Fsp3) is 0.500. The van der Waals surface area contributed by atoms with Gasteiger partial charge in [0.25, 0.3) is 0 Å². The number of hydrogen-bond donors (Lipinski definition) is 2. The second kappa shape index (κ2) is 6.19. The maximum absolute atomic E-state index is 11.7. The highest BCUT2D eigenvalue weighted by molar-refractivity contribution is 7.90. The maximum atomic E-state index is 11.7. The first kappa shape index (κ1) is 14.7. The third-order valence-corrected chi connectivity index (χ3v) is 4.61. The molecular weight excluding hydrogens is 278 g/mol. The van der Waals surface area contributed by atoms with Gasteiger partial charge in [-0.25, -0.2) is 13.4 Å². The van der Waals surface area contributed by atoms with Crippen molar-refractivity contribution in [3.8, 4) is 0 Å². The van der Waals surface area contributed by atoms with E-state index in [1.165, 1.54) is 0 Å². The molecule has 0 fully saturated rings. The number of nitrogens with zero attached hydrogens (tertiary/aromatic N) is 3. The lowest BCUT2D eigenvalue weighted by molar-refractivity contribution is 0.255. The first-order valence-electron chi connectivity index (χ1n) is 6.38. The Morgan fingerprint density at radius 1 is 1.50 bits per heavy atom. The first-order chi connectivity index (χ1) is 9.47. The van der Waals surface area contributed by atoms with Gasteiger partial charge in [0.15, 0.2) is 0 Å². The smallest absolute Gasteiger partial charge is 0.237 e. The summed E-state index contributed by atoms with van der Waals surface area (Å²) in [5.41, 5.74) is 1.09. The van der Waals surface area contributed by atoms with Gasteiger partial charge in [0, 0.05) is 18.9 Å². The highest BCUT2D eigenvalue weighted by Gasteiger charge is 2.20. The molecule has 0 saturated heterocycles. The van der Waals surface area contributed by atoms with Crippen LogP contribution < -0.4 is 10.0 Å². The number of guanidine groups is 1. The summed E-state index contributed by atoms with van der Waals surface area (Å²) in [6, 6.07) is 3.88. The molecule has 1 aliphatic heterocycles. The molecule has 0 bridgehead atoms. The highest BCUT2D eigenvalue weighted by atomic mass is 32.2. The first-order valence-corrected chi connectivity index (χ1v) is 7.93. The van der Waals surface area contributed by atoms with Crippen molar-refractivity contribution in [1.82, 2.24) is 19.9 Å². The topological polar surface area (TPSA) is 86.7 Å². The third kappa shape index (κ3) is 3.91. The molecule has 0 aromatic carbocycles. The van der Waals surface area contributed by atoms with Crippen LogP contribution in [0.4, 0.5) is 0 Å². The van der Waals surface area contributed by atoms with Crippen LogP contribution in [0, 0.1) is 0 Å². The maximum Gasteiger partial charge on any atom is 0.237 e. The largest absolute Gasteiger partial charge is 0.343 e. The van der Waals surface area contributed by atoms with E-state index < -0.39 is 15.3 Å². The van der Waals surface area contributed by atoms with Gasteiger partial charge in [0.05, 0.1) is 18.6 Å². The lowest BCUT2D eigenvalue weighted by atomic mass is 10.3. The molecule has 1 aromatic heterocycles. The van der Waals surface area contributed by atoms with E-state index in [0.29, 0.717) is 25.8 Å². The van der Waals surface area contributed by atoms with Crippen molar-refractivity contribution in [3.63, 3.8) is 0 Å². The molecule has 110 valence electrons. The van der Waals surface area contributed by atoms with Gasteiger partial charge in [0.2, 0.25) is 16.0 Å². The van der Waals surface area contributed by atoms with Crippen molar-refractivity contribution in [2.45, 2.75) is 25.6 Å². The van der Waals surface area contributed by atoms with Crippen LogP contribution in [-0.4, -0.2) is 42.8 Å². The molecule has 2 rings (SSSR count). The molecule has 2 heterocycles. The van der Waals surface area contributed by atoms with Crippen molar-refractivity contribution in [2.75, 3.05) is 13.3 Å². The molecular formula is C12H19N5O2S. The number of pyridine rings is 1. The molecule has 2 N–H and O–H groups in total. The molecule has 8 heteroatoms. The van der Waals surface area contributed by atoms with Crippen molar-refractivity contribution >= 4 is 16.0 Å². The Morgan fingerprint density at radius 2 is 2.30 bits per heavy atom. The number of sulfonamides is 1. The SMILES string of the molecule is CC(C)S(=O)(=O)NC1=NCN(Cc2cccnc2)CN1. The minimum atomic E-state index is -3.35. The average molecular weight is 297 g/mol. The number of nitrogens with one attached hydrogen (secondary N) is 2. The predicted octanol–water partition coefficient (Wildman–Crippen LogP) is 0.0856. The molecule has 0 saturated carbocycles. The lowest BCUT2D eigenvalue weighted by Gasteiger charge is -2.27. The zero-order valence-electron chi connectivity index (χ0n) is 11.6. The number of aromatic nitrogens is 1. The second-order valence-electron chi connectivity index (χ2n) is 4.87. The van der Waals surface area contributed by atoms with Gasteiger partial charge in [-0.15, -0.1) is 0 Å². The van der Waals surface area contributed by atoms with E-state index in [1.807, 2.05) is 17.0 Å². The van der Waals surface area contributed by atoms with Crippen LogP contribution in [0.15, 0.2) is 29.5 Å². The van der Waals surface area contributed by atoms with E-state index in [0.717, 1.165) is 5.56 Å². The van der Waals surface area contributed by atoms with Gasteiger partial charge in [-0.3, -0.25) is 14.6 Å². The van der Waals surface area contributed by atoms with Crippen LogP contribution in [0.3, 0.4) is 0 Å².